The predicted molar refractivity (Wildman–Crippen MR) is 126 cm³/mol. The van der Waals surface area contributed by atoms with Gasteiger partial charge in [0.15, 0.2) is 5.71 Å². The molecule has 1 amide bonds. The van der Waals surface area contributed by atoms with Crippen LogP contribution in [-0.4, -0.2) is 29.0 Å². The molecule has 0 saturated carbocycles. The molecule has 0 bridgehead atoms. The summed E-state index contributed by atoms with van der Waals surface area (Å²) in [5.41, 5.74) is 5.18. The maximum atomic E-state index is 13.0. The monoisotopic (exact) mass is 452 g/mol. The number of hydroxylamine groups is 1. The second-order valence-electron chi connectivity index (χ2n) is 9.62. The SMILES string of the molecule is CCC(O)O/N=C(\C(=O)NOC(=O)c1ccccc1)c1ccc2c(c1)C(C)(C)CCC2(C)C. The number of amides is 1. The summed E-state index contributed by atoms with van der Waals surface area (Å²) in [6.07, 6.45) is 1.21. The number of carbonyl (C=O) groups is 2. The molecule has 0 aromatic heterocycles. The minimum absolute atomic E-state index is 0.0169. The van der Waals surface area contributed by atoms with Crippen LogP contribution in [0.4, 0.5) is 0 Å². The number of hydrogen-bond acceptors (Lipinski definition) is 6. The molecule has 7 nitrogen and oxygen atoms in total. The first-order valence-corrected chi connectivity index (χ1v) is 11.2. The summed E-state index contributed by atoms with van der Waals surface area (Å²) >= 11 is 0. The number of aliphatic hydroxyl groups excluding tert-OH is 1. The Morgan fingerprint density at radius 1 is 1.00 bits per heavy atom. The average Bonchev–Trinajstić information content (AvgIpc) is 2.81. The van der Waals surface area contributed by atoms with E-state index in [1.165, 1.54) is 5.56 Å². The van der Waals surface area contributed by atoms with Gasteiger partial charge in [-0.15, -0.1) is 0 Å². The molecule has 0 aliphatic heterocycles. The zero-order valence-electron chi connectivity index (χ0n) is 19.8. The van der Waals surface area contributed by atoms with E-state index in [2.05, 4.69) is 38.3 Å². The summed E-state index contributed by atoms with van der Waals surface area (Å²) in [5.74, 6) is -1.46. The first-order valence-electron chi connectivity index (χ1n) is 11.2. The van der Waals surface area contributed by atoms with Gasteiger partial charge in [0.05, 0.1) is 5.56 Å². The third-order valence-corrected chi connectivity index (χ3v) is 6.20. The van der Waals surface area contributed by atoms with Crippen LogP contribution in [0.25, 0.3) is 0 Å². The van der Waals surface area contributed by atoms with Crippen molar-refractivity contribution in [3.8, 4) is 0 Å². The number of nitrogens with one attached hydrogen (secondary N) is 1. The Bertz CT molecular complexity index is 1040. The Labute approximate surface area is 194 Å². The van der Waals surface area contributed by atoms with Crippen molar-refractivity contribution in [3.05, 3.63) is 70.8 Å². The maximum absolute atomic E-state index is 13.0. The molecule has 2 aromatic rings. The summed E-state index contributed by atoms with van der Waals surface area (Å²) in [7, 11) is 0. The Kier molecular flexibility index (Phi) is 7.22. The molecule has 176 valence electrons. The van der Waals surface area contributed by atoms with Crippen molar-refractivity contribution in [3.63, 3.8) is 0 Å². The van der Waals surface area contributed by atoms with Gasteiger partial charge in [-0.25, -0.2) is 4.79 Å². The molecule has 1 aliphatic rings. The normalized spacial score (nSPS) is 17.5. The second-order valence-corrected chi connectivity index (χ2v) is 9.62. The average molecular weight is 453 g/mol. The first-order chi connectivity index (χ1) is 15.5. The number of fused-ring (bicyclic) bond motifs is 1. The van der Waals surface area contributed by atoms with Gasteiger partial charge < -0.3 is 14.8 Å². The van der Waals surface area contributed by atoms with E-state index < -0.39 is 18.2 Å². The fraction of sp³-hybridized carbons (Fsp3) is 0.423. The number of hydrogen-bond donors (Lipinski definition) is 2. The zero-order chi connectivity index (χ0) is 24.2. The highest BCUT2D eigenvalue weighted by Gasteiger charge is 2.37. The van der Waals surface area contributed by atoms with Crippen molar-refractivity contribution in [2.45, 2.75) is 71.0 Å². The Hall–Kier alpha value is -3.19. The lowest BCUT2D eigenvalue weighted by atomic mass is 9.63. The van der Waals surface area contributed by atoms with Crippen LogP contribution in [0.1, 0.15) is 80.9 Å². The topological polar surface area (TPSA) is 97.2 Å². The largest absolute Gasteiger partial charge is 0.363 e. The van der Waals surface area contributed by atoms with E-state index in [1.54, 1.807) is 43.3 Å². The summed E-state index contributed by atoms with van der Waals surface area (Å²) in [6, 6.07) is 14.1. The number of aliphatic hydroxyl groups is 1. The number of rotatable bonds is 6. The van der Waals surface area contributed by atoms with Crippen LogP contribution in [0.15, 0.2) is 53.7 Å². The first kappa shape index (κ1) is 24.5. The molecular formula is C26H32N2O5. The quantitative estimate of drug-likeness (QED) is 0.385. The van der Waals surface area contributed by atoms with Crippen LogP contribution in [0.5, 0.6) is 0 Å². The van der Waals surface area contributed by atoms with Crippen LogP contribution >= 0.6 is 0 Å². The fourth-order valence-corrected chi connectivity index (χ4v) is 3.92. The highest BCUT2D eigenvalue weighted by molar-refractivity contribution is 6.45. The minimum atomic E-state index is -1.16. The molecule has 0 fully saturated rings. The third-order valence-electron chi connectivity index (χ3n) is 6.20. The van der Waals surface area contributed by atoms with Gasteiger partial charge in [-0.2, -0.15) is 5.48 Å². The van der Waals surface area contributed by atoms with Crippen LogP contribution in [0.3, 0.4) is 0 Å². The number of nitrogens with zero attached hydrogens (tertiary/aromatic N) is 1. The predicted octanol–water partition coefficient (Wildman–Crippen LogP) is 4.37. The van der Waals surface area contributed by atoms with E-state index in [1.807, 2.05) is 12.1 Å². The fourth-order valence-electron chi connectivity index (χ4n) is 3.92. The van der Waals surface area contributed by atoms with E-state index in [4.69, 9.17) is 9.68 Å². The van der Waals surface area contributed by atoms with Crippen molar-refractivity contribution >= 4 is 17.6 Å². The molecule has 0 radical (unpaired) electrons. The van der Waals surface area contributed by atoms with Gasteiger partial charge in [-0.05, 0) is 53.0 Å². The maximum Gasteiger partial charge on any atom is 0.362 e. The number of carbonyl (C=O) groups excluding carboxylic acids is 2. The molecule has 7 heteroatoms. The standard InChI is InChI=1S/C26H32N2O5/c1-6-21(29)32-27-22(23(30)28-33-24(31)17-10-8-7-9-11-17)18-12-13-19-20(16-18)26(4,5)15-14-25(19,2)3/h7-13,16,21,29H,6,14-15H2,1-5H3,(H,28,30)/b27-22-. The summed E-state index contributed by atoms with van der Waals surface area (Å²) in [5, 5.41) is 13.7. The zero-order valence-corrected chi connectivity index (χ0v) is 19.8. The number of benzene rings is 2. The van der Waals surface area contributed by atoms with Gasteiger partial charge in [0.2, 0.25) is 6.29 Å². The van der Waals surface area contributed by atoms with E-state index >= 15 is 0 Å². The Balaban J connectivity index is 1.91. The third kappa shape index (κ3) is 5.60. The molecule has 2 aromatic carbocycles. The minimum Gasteiger partial charge on any atom is -0.363 e. The van der Waals surface area contributed by atoms with Gasteiger partial charge in [0, 0.05) is 12.0 Å². The van der Waals surface area contributed by atoms with Crippen LogP contribution in [0, 0.1) is 0 Å². The Morgan fingerprint density at radius 3 is 2.27 bits per heavy atom. The van der Waals surface area contributed by atoms with Gasteiger partial charge in [-0.3, -0.25) is 4.79 Å². The molecular weight excluding hydrogens is 420 g/mol. The molecule has 1 atom stereocenters. The smallest absolute Gasteiger partial charge is 0.362 e. The van der Waals surface area contributed by atoms with Crippen LogP contribution < -0.4 is 5.48 Å². The Morgan fingerprint density at radius 2 is 1.64 bits per heavy atom. The van der Waals surface area contributed by atoms with Gasteiger partial charge in [0.1, 0.15) is 0 Å². The van der Waals surface area contributed by atoms with E-state index in [9.17, 15) is 14.7 Å². The van der Waals surface area contributed by atoms with E-state index in [-0.39, 0.29) is 16.5 Å². The molecule has 2 N–H and O–H groups in total. The van der Waals surface area contributed by atoms with Crippen molar-refractivity contribution in [2.75, 3.05) is 0 Å². The summed E-state index contributed by atoms with van der Waals surface area (Å²) in [6.45, 7) is 10.5. The molecule has 0 heterocycles. The van der Waals surface area contributed by atoms with Crippen LogP contribution in [0.2, 0.25) is 0 Å². The lowest BCUT2D eigenvalue weighted by molar-refractivity contribution is -0.124. The molecule has 33 heavy (non-hydrogen) atoms. The second kappa shape index (κ2) is 9.75. The van der Waals surface area contributed by atoms with E-state index in [0.29, 0.717) is 17.5 Å². The number of oxime groups is 1. The molecule has 0 saturated heterocycles. The highest BCUT2D eigenvalue weighted by atomic mass is 16.7. The van der Waals surface area contributed by atoms with Crippen LogP contribution in [-0.2, 0) is 25.3 Å². The van der Waals surface area contributed by atoms with Gasteiger partial charge >= 0.3 is 11.9 Å². The lowest BCUT2D eigenvalue weighted by Gasteiger charge is -2.42. The van der Waals surface area contributed by atoms with Crippen molar-refractivity contribution in [2.24, 2.45) is 5.16 Å². The highest BCUT2D eigenvalue weighted by Crippen LogP contribution is 2.45. The summed E-state index contributed by atoms with van der Waals surface area (Å²) in [4.78, 5) is 35.3. The van der Waals surface area contributed by atoms with E-state index in [0.717, 1.165) is 18.4 Å². The van der Waals surface area contributed by atoms with Gasteiger partial charge in [-0.1, -0.05) is 70.1 Å². The molecule has 1 unspecified atom stereocenters. The van der Waals surface area contributed by atoms with Crippen molar-refractivity contribution < 1.29 is 24.4 Å². The summed E-state index contributed by atoms with van der Waals surface area (Å²) < 4.78 is 0. The molecule has 0 spiro atoms. The molecule has 3 rings (SSSR count). The van der Waals surface area contributed by atoms with Crippen molar-refractivity contribution in [1.82, 2.24) is 5.48 Å². The lowest BCUT2D eigenvalue weighted by Crippen LogP contribution is -2.36. The van der Waals surface area contributed by atoms with Gasteiger partial charge in [0.25, 0.3) is 0 Å². The molecule has 1 aliphatic carbocycles. The van der Waals surface area contributed by atoms with Crippen molar-refractivity contribution in [1.29, 1.82) is 0 Å².